The van der Waals surface area contributed by atoms with Crippen LogP contribution in [0.5, 0.6) is 0 Å². The molecule has 1 heteroatoms. The van der Waals surface area contributed by atoms with Crippen LogP contribution in [0.3, 0.4) is 0 Å². The Kier molecular flexibility index (Phi) is 4.65. The van der Waals surface area contributed by atoms with Crippen molar-refractivity contribution in [3.63, 3.8) is 0 Å². The highest BCUT2D eigenvalue weighted by Crippen LogP contribution is 2.31. The van der Waals surface area contributed by atoms with Crippen molar-refractivity contribution in [2.24, 2.45) is 0 Å². The van der Waals surface area contributed by atoms with Crippen molar-refractivity contribution in [3.8, 4) is 0 Å². The second-order valence-corrected chi connectivity index (χ2v) is 7.46. The van der Waals surface area contributed by atoms with Gasteiger partial charge in [-0.15, -0.1) is 0 Å². The van der Waals surface area contributed by atoms with Gasteiger partial charge < -0.3 is 0 Å². The summed E-state index contributed by atoms with van der Waals surface area (Å²) in [4.78, 5) is 4.13. The summed E-state index contributed by atoms with van der Waals surface area (Å²) in [6, 6.07) is 28.8. The lowest BCUT2D eigenvalue weighted by Gasteiger charge is -2.08. The van der Waals surface area contributed by atoms with Gasteiger partial charge in [-0.2, -0.15) is 0 Å². The number of hydrogen-bond acceptors (Lipinski definition) is 0. The fourth-order valence-electron chi connectivity index (χ4n) is 2.50. The van der Waals surface area contributed by atoms with E-state index in [0.717, 1.165) is 6.42 Å². The minimum atomic E-state index is -0.0332. The van der Waals surface area contributed by atoms with Crippen molar-refractivity contribution in [1.82, 2.24) is 0 Å². The van der Waals surface area contributed by atoms with E-state index in [1.54, 1.807) is 0 Å². The summed E-state index contributed by atoms with van der Waals surface area (Å²) in [5.74, 6) is 0. The topological polar surface area (TPSA) is 0 Å². The first-order valence-corrected chi connectivity index (χ1v) is 8.95. The Morgan fingerprint density at radius 1 is 0.636 bits per heavy atom. The summed E-state index contributed by atoms with van der Waals surface area (Å²) in [5.41, 5.74) is 2.70. The summed E-state index contributed by atoms with van der Waals surface area (Å²) < 4.78 is 0. The summed E-state index contributed by atoms with van der Waals surface area (Å²) in [6.45, 7) is 4.34. The molecule has 0 radical (unpaired) electrons. The van der Waals surface area contributed by atoms with Crippen LogP contribution < -0.4 is 0 Å². The molecule has 3 rings (SSSR count). The van der Waals surface area contributed by atoms with E-state index in [1.165, 1.54) is 25.8 Å². The Morgan fingerprint density at radius 3 is 1.68 bits per heavy atom. The third-order valence-electron chi connectivity index (χ3n) is 3.80. The maximum Gasteiger partial charge on any atom is 0.166 e. The van der Waals surface area contributed by atoms with E-state index < -0.39 is 0 Å². The molecule has 0 aliphatic rings. The Morgan fingerprint density at radius 2 is 1.14 bits per heavy atom. The van der Waals surface area contributed by atoms with Crippen molar-refractivity contribution in [2.45, 2.75) is 35.0 Å². The largest absolute Gasteiger partial charge is 0.166 e. The monoisotopic (exact) mass is 305 g/mol. The van der Waals surface area contributed by atoms with E-state index in [1.807, 2.05) is 0 Å². The molecule has 0 aromatic heterocycles. The fraction of sp³-hybridized carbons (Fsp3) is 0.143. The molecule has 22 heavy (non-hydrogen) atoms. The van der Waals surface area contributed by atoms with Gasteiger partial charge in [0.05, 0.1) is 10.9 Å². The summed E-state index contributed by atoms with van der Waals surface area (Å²) in [7, 11) is -0.0332. The van der Waals surface area contributed by atoms with Crippen LogP contribution in [-0.4, -0.2) is 0 Å². The van der Waals surface area contributed by atoms with Gasteiger partial charge in [-0.05, 0) is 55.3 Å². The average molecular weight is 305 g/mol. The number of benzene rings is 3. The molecule has 0 fully saturated rings. The van der Waals surface area contributed by atoms with Crippen LogP contribution in [0.4, 0.5) is 0 Å². The van der Waals surface area contributed by atoms with Gasteiger partial charge in [0, 0.05) is 0 Å². The third-order valence-corrected chi connectivity index (χ3v) is 6.03. The van der Waals surface area contributed by atoms with Crippen molar-refractivity contribution in [2.75, 3.05) is 0 Å². The fourth-order valence-corrected chi connectivity index (χ4v) is 4.56. The van der Waals surface area contributed by atoms with Crippen LogP contribution >= 0.6 is 0 Å². The highest BCUT2D eigenvalue weighted by Gasteiger charge is 2.28. The Hall–Kier alpha value is -1.99. The SMILES string of the molecule is CCc1ccc([S+](c2ccccc2)c2ccc(C)cc2)cc1. The van der Waals surface area contributed by atoms with E-state index >= 15 is 0 Å². The predicted octanol–water partition coefficient (Wildman–Crippen LogP) is 5.65. The first-order valence-electron chi connectivity index (χ1n) is 7.73. The van der Waals surface area contributed by atoms with Crippen LogP contribution in [-0.2, 0) is 17.3 Å². The van der Waals surface area contributed by atoms with Crippen LogP contribution in [0.15, 0.2) is 93.5 Å². The second-order valence-electron chi connectivity index (χ2n) is 5.43. The standard InChI is InChI=1S/C21H21S/c1-3-18-11-15-21(16-12-18)22(19-7-5-4-6-8-19)20-13-9-17(2)10-14-20/h4-16H,3H2,1-2H3/q+1. The number of rotatable bonds is 4. The molecule has 0 spiro atoms. The highest BCUT2D eigenvalue weighted by atomic mass is 32.2. The maximum atomic E-state index is 2.29. The zero-order valence-electron chi connectivity index (χ0n) is 13.1. The molecule has 0 N–H and O–H groups in total. The molecule has 0 bridgehead atoms. The lowest BCUT2D eigenvalue weighted by molar-refractivity contribution is 1.13. The van der Waals surface area contributed by atoms with Gasteiger partial charge in [-0.25, -0.2) is 0 Å². The van der Waals surface area contributed by atoms with Gasteiger partial charge in [0.2, 0.25) is 0 Å². The quantitative estimate of drug-likeness (QED) is 0.546. The van der Waals surface area contributed by atoms with Crippen LogP contribution in [0.2, 0.25) is 0 Å². The second kappa shape index (κ2) is 6.85. The minimum absolute atomic E-state index is 0.0332. The van der Waals surface area contributed by atoms with Gasteiger partial charge >= 0.3 is 0 Å². The van der Waals surface area contributed by atoms with Crippen molar-refractivity contribution < 1.29 is 0 Å². The Bertz CT molecular complexity index is 712. The Balaban J connectivity index is 2.07. The molecule has 0 aliphatic carbocycles. The molecular weight excluding hydrogens is 284 g/mol. The van der Waals surface area contributed by atoms with Crippen LogP contribution in [0, 0.1) is 6.92 Å². The molecule has 0 saturated carbocycles. The van der Waals surface area contributed by atoms with Gasteiger partial charge in [0.1, 0.15) is 0 Å². The van der Waals surface area contributed by atoms with Crippen molar-refractivity contribution in [1.29, 1.82) is 0 Å². The van der Waals surface area contributed by atoms with Gasteiger partial charge in [0.15, 0.2) is 14.7 Å². The van der Waals surface area contributed by atoms with E-state index in [-0.39, 0.29) is 10.9 Å². The molecule has 0 aliphatic heterocycles. The molecule has 0 heterocycles. The van der Waals surface area contributed by atoms with Crippen molar-refractivity contribution in [3.05, 3.63) is 90.0 Å². The summed E-state index contributed by atoms with van der Waals surface area (Å²) in [5, 5.41) is 0. The van der Waals surface area contributed by atoms with Gasteiger partial charge in [-0.1, -0.05) is 55.0 Å². The molecule has 0 nitrogen and oxygen atoms in total. The maximum absolute atomic E-state index is 2.29. The molecule has 1 atom stereocenters. The molecule has 3 aromatic carbocycles. The third kappa shape index (κ3) is 3.26. The van der Waals surface area contributed by atoms with Crippen LogP contribution in [0.25, 0.3) is 0 Å². The zero-order chi connectivity index (χ0) is 15.4. The molecule has 0 saturated heterocycles. The van der Waals surface area contributed by atoms with Crippen LogP contribution in [0.1, 0.15) is 18.1 Å². The lowest BCUT2D eigenvalue weighted by Crippen LogP contribution is -2.04. The predicted molar refractivity (Wildman–Crippen MR) is 95.6 cm³/mol. The van der Waals surface area contributed by atoms with Gasteiger partial charge in [-0.3, -0.25) is 0 Å². The average Bonchev–Trinajstić information content (AvgIpc) is 2.58. The minimum Gasteiger partial charge on any atom is -0.0619 e. The highest BCUT2D eigenvalue weighted by molar-refractivity contribution is 7.97. The van der Waals surface area contributed by atoms with Gasteiger partial charge in [0.25, 0.3) is 0 Å². The Labute approximate surface area is 136 Å². The molecule has 3 aromatic rings. The normalized spacial score (nSPS) is 12.1. The summed E-state index contributed by atoms with van der Waals surface area (Å²) >= 11 is 0. The first kappa shape index (κ1) is 14.9. The molecular formula is C21H21S+. The number of hydrogen-bond donors (Lipinski definition) is 0. The molecule has 0 amide bonds. The van der Waals surface area contributed by atoms with E-state index in [4.69, 9.17) is 0 Å². The lowest BCUT2D eigenvalue weighted by atomic mass is 10.2. The van der Waals surface area contributed by atoms with E-state index in [0.29, 0.717) is 0 Å². The molecule has 110 valence electrons. The zero-order valence-corrected chi connectivity index (χ0v) is 13.9. The van der Waals surface area contributed by atoms with E-state index in [2.05, 4.69) is 92.7 Å². The summed E-state index contributed by atoms with van der Waals surface area (Å²) in [6.07, 6.45) is 1.09. The van der Waals surface area contributed by atoms with Crippen molar-refractivity contribution >= 4 is 10.9 Å². The number of aryl methyl sites for hydroxylation is 2. The van der Waals surface area contributed by atoms with E-state index in [9.17, 15) is 0 Å². The first-order chi connectivity index (χ1) is 10.8. The molecule has 1 unspecified atom stereocenters. The smallest absolute Gasteiger partial charge is 0.0619 e.